The van der Waals surface area contributed by atoms with Crippen molar-refractivity contribution >= 4 is 10.0 Å². The molecule has 3 aromatic rings. The van der Waals surface area contributed by atoms with Crippen molar-refractivity contribution in [2.45, 2.75) is 24.8 Å². The van der Waals surface area contributed by atoms with Gasteiger partial charge < -0.3 is 0 Å². The second-order valence-electron chi connectivity index (χ2n) is 5.79. The lowest BCUT2D eigenvalue weighted by Crippen LogP contribution is -2.24. The van der Waals surface area contributed by atoms with Crippen LogP contribution in [0.2, 0.25) is 0 Å². The molecule has 0 bridgehead atoms. The van der Waals surface area contributed by atoms with Crippen molar-refractivity contribution in [2.24, 2.45) is 0 Å². The molecule has 0 amide bonds. The van der Waals surface area contributed by atoms with E-state index in [1.54, 1.807) is 10.9 Å². The van der Waals surface area contributed by atoms with Crippen molar-refractivity contribution in [3.63, 3.8) is 0 Å². The molecule has 0 fully saturated rings. The fourth-order valence-electron chi connectivity index (χ4n) is 2.56. The maximum absolute atomic E-state index is 12.7. The zero-order valence-corrected chi connectivity index (χ0v) is 14.9. The number of sulfonamides is 1. The first-order valence-electron chi connectivity index (χ1n) is 8.26. The SMILES string of the molecule is CCCNS(=O)(=O)c1cn(Cc2ccccc2)nc1-c1ccccc1. The Kier molecular flexibility index (Phi) is 5.31. The summed E-state index contributed by atoms with van der Waals surface area (Å²) >= 11 is 0. The zero-order chi connectivity index (χ0) is 17.7. The number of aromatic nitrogens is 2. The molecule has 1 aromatic heterocycles. The normalized spacial score (nSPS) is 11.6. The summed E-state index contributed by atoms with van der Waals surface area (Å²) in [5.41, 5.74) is 2.32. The molecule has 130 valence electrons. The fourth-order valence-corrected chi connectivity index (χ4v) is 3.86. The van der Waals surface area contributed by atoms with Crippen molar-refractivity contribution in [3.05, 3.63) is 72.4 Å². The molecule has 0 saturated carbocycles. The molecule has 3 rings (SSSR count). The third-order valence-corrected chi connectivity index (χ3v) is 5.26. The van der Waals surface area contributed by atoms with Gasteiger partial charge in [-0.15, -0.1) is 0 Å². The van der Waals surface area contributed by atoms with E-state index >= 15 is 0 Å². The third kappa shape index (κ3) is 4.15. The number of rotatable bonds is 7. The second kappa shape index (κ2) is 7.63. The standard InChI is InChI=1S/C19H21N3O2S/c1-2-13-20-25(23,24)18-15-22(14-16-9-5-3-6-10-16)21-19(18)17-11-7-4-8-12-17/h3-12,15,20H,2,13-14H2,1H3. The Morgan fingerprint density at radius 3 is 2.28 bits per heavy atom. The van der Waals surface area contributed by atoms with Gasteiger partial charge in [-0.3, -0.25) is 4.68 Å². The average molecular weight is 355 g/mol. The van der Waals surface area contributed by atoms with Crippen LogP contribution in [-0.2, 0) is 16.6 Å². The molecular formula is C19H21N3O2S. The van der Waals surface area contributed by atoms with E-state index in [1.807, 2.05) is 67.6 Å². The summed E-state index contributed by atoms with van der Waals surface area (Å²) in [5.74, 6) is 0. The Labute approximate surface area is 148 Å². The van der Waals surface area contributed by atoms with E-state index in [0.717, 1.165) is 17.5 Å². The summed E-state index contributed by atoms with van der Waals surface area (Å²) in [5, 5.41) is 4.55. The van der Waals surface area contributed by atoms with Crippen molar-refractivity contribution in [1.82, 2.24) is 14.5 Å². The minimum atomic E-state index is -3.61. The van der Waals surface area contributed by atoms with E-state index in [1.165, 1.54) is 0 Å². The van der Waals surface area contributed by atoms with Crippen LogP contribution in [0.4, 0.5) is 0 Å². The topological polar surface area (TPSA) is 64.0 Å². The van der Waals surface area contributed by atoms with E-state index < -0.39 is 10.0 Å². The molecule has 2 aromatic carbocycles. The first-order valence-corrected chi connectivity index (χ1v) is 9.75. The van der Waals surface area contributed by atoms with Crippen LogP contribution in [0.25, 0.3) is 11.3 Å². The average Bonchev–Trinajstić information content (AvgIpc) is 3.06. The summed E-state index contributed by atoms with van der Waals surface area (Å²) in [4.78, 5) is 0.211. The van der Waals surface area contributed by atoms with Gasteiger partial charge >= 0.3 is 0 Å². The zero-order valence-electron chi connectivity index (χ0n) is 14.1. The van der Waals surface area contributed by atoms with Gasteiger partial charge in [0.2, 0.25) is 10.0 Å². The molecular weight excluding hydrogens is 334 g/mol. The molecule has 1 N–H and O–H groups in total. The van der Waals surface area contributed by atoms with Gasteiger partial charge in [-0.05, 0) is 12.0 Å². The number of nitrogens with zero attached hydrogens (tertiary/aromatic N) is 2. The predicted molar refractivity (Wildman–Crippen MR) is 98.7 cm³/mol. The van der Waals surface area contributed by atoms with Gasteiger partial charge in [-0.1, -0.05) is 67.6 Å². The monoisotopic (exact) mass is 355 g/mol. The summed E-state index contributed by atoms with van der Waals surface area (Å²) < 4.78 is 29.7. The van der Waals surface area contributed by atoms with Crippen LogP contribution in [-0.4, -0.2) is 24.7 Å². The van der Waals surface area contributed by atoms with Gasteiger partial charge in [0.15, 0.2) is 0 Å². The van der Waals surface area contributed by atoms with Crippen LogP contribution in [0.3, 0.4) is 0 Å². The van der Waals surface area contributed by atoms with Crippen molar-refractivity contribution in [3.8, 4) is 11.3 Å². The lowest BCUT2D eigenvalue weighted by Gasteiger charge is -2.05. The Bertz CT molecular complexity index is 920. The summed E-state index contributed by atoms with van der Waals surface area (Å²) in [7, 11) is -3.61. The molecule has 1 heterocycles. The summed E-state index contributed by atoms with van der Waals surface area (Å²) in [6.45, 7) is 2.85. The summed E-state index contributed by atoms with van der Waals surface area (Å²) in [6.07, 6.45) is 2.34. The van der Waals surface area contributed by atoms with E-state index in [9.17, 15) is 8.42 Å². The highest BCUT2D eigenvalue weighted by Crippen LogP contribution is 2.26. The Morgan fingerprint density at radius 2 is 1.64 bits per heavy atom. The molecule has 0 aliphatic heterocycles. The third-order valence-electron chi connectivity index (χ3n) is 3.79. The molecule has 0 aliphatic carbocycles. The van der Waals surface area contributed by atoms with Gasteiger partial charge in [0, 0.05) is 18.3 Å². The van der Waals surface area contributed by atoms with E-state index in [0.29, 0.717) is 18.8 Å². The van der Waals surface area contributed by atoms with Crippen LogP contribution in [0.15, 0.2) is 71.8 Å². The maximum atomic E-state index is 12.7. The van der Waals surface area contributed by atoms with Crippen LogP contribution in [0.1, 0.15) is 18.9 Å². The first kappa shape index (κ1) is 17.4. The highest BCUT2D eigenvalue weighted by Gasteiger charge is 2.23. The molecule has 0 unspecified atom stereocenters. The quantitative estimate of drug-likeness (QED) is 0.707. The largest absolute Gasteiger partial charge is 0.266 e. The van der Waals surface area contributed by atoms with Crippen LogP contribution < -0.4 is 4.72 Å². The second-order valence-corrected chi connectivity index (χ2v) is 7.52. The number of hydrogen-bond acceptors (Lipinski definition) is 3. The molecule has 0 aliphatic rings. The van der Waals surface area contributed by atoms with Gasteiger partial charge in [0.1, 0.15) is 10.6 Å². The molecule has 25 heavy (non-hydrogen) atoms. The van der Waals surface area contributed by atoms with E-state index in [2.05, 4.69) is 9.82 Å². The van der Waals surface area contributed by atoms with E-state index in [-0.39, 0.29) is 4.90 Å². The van der Waals surface area contributed by atoms with E-state index in [4.69, 9.17) is 0 Å². The van der Waals surface area contributed by atoms with Gasteiger partial charge in [-0.2, -0.15) is 5.10 Å². The highest BCUT2D eigenvalue weighted by atomic mass is 32.2. The van der Waals surface area contributed by atoms with Gasteiger partial charge in [0.25, 0.3) is 0 Å². The molecule has 0 saturated heterocycles. The van der Waals surface area contributed by atoms with Crippen molar-refractivity contribution < 1.29 is 8.42 Å². The number of benzene rings is 2. The summed E-state index contributed by atoms with van der Waals surface area (Å²) in [6, 6.07) is 19.2. The van der Waals surface area contributed by atoms with Crippen molar-refractivity contribution in [1.29, 1.82) is 0 Å². The van der Waals surface area contributed by atoms with Gasteiger partial charge in [0.05, 0.1) is 6.54 Å². The lowest BCUT2D eigenvalue weighted by molar-refractivity contribution is 0.580. The smallest absolute Gasteiger partial charge is 0.244 e. The fraction of sp³-hybridized carbons (Fsp3) is 0.211. The predicted octanol–water partition coefficient (Wildman–Crippen LogP) is 3.29. The van der Waals surface area contributed by atoms with Gasteiger partial charge in [-0.25, -0.2) is 13.1 Å². The minimum Gasteiger partial charge on any atom is -0.266 e. The maximum Gasteiger partial charge on any atom is 0.244 e. The molecule has 0 radical (unpaired) electrons. The molecule has 5 nitrogen and oxygen atoms in total. The molecule has 0 atom stereocenters. The van der Waals surface area contributed by atoms with Crippen LogP contribution >= 0.6 is 0 Å². The van der Waals surface area contributed by atoms with Crippen molar-refractivity contribution in [2.75, 3.05) is 6.54 Å². The molecule has 6 heteroatoms. The van der Waals surface area contributed by atoms with Crippen LogP contribution in [0.5, 0.6) is 0 Å². The number of nitrogens with one attached hydrogen (secondary N) is 1. The lowest BCUT2D eigenvalue weighted by atomic mass is 10.2. The Balaban J connectivity index is 2.03. The first-order chi connectivity index (χ1) is 12.1. The Hall–Kier alpha value is -2.44. The Morgan fingerprint density at radius 1 is 1.00 bits per heavy atom. The highest BCUT2D eigenvalue weighted by molar-refractivity contribution is 7.89. The number of hydrogen-bond donors (Lipinski definition) is 1. The minimum absolute atomic E-state index is 0.211. The molecule has 0 spiro atoms. The van der Waals surface area contributed by atoms with Crippen LogP contribution in [0, 0.1) is 0 Å².